The molecule has 0 atom stereocenters. The highest BCUT2D eigenvalue weighted by atomic mass is 79.9. The third-order valence-electron chi connectivity index (χ3n) is 4.59. The SMILES string of the molecule is COc1cc(/C(C)=N/NC(=O)C(=O)Nc2cc(Cl)ccc2Cl)ccc1OC(=O)c1ccccc1Br. The predicted molar refractivity (Wildman–Crippen MR) is 138 cm³/mol. The quantitative estimate of drug-likeness (QED) is 0.133. The van der Waals surface area contributed by atoms with Crippen LogP contribution in [0.5, 0.6) is 11.5 Å². The van der Waals surface area contributed by atoms with Crippen LogP contribution in [-0.2, 0) is 9.59 Å². The second kappa shape index (κ2) is 11.8. The van der Waals surface area contributed by atoms with Crippen LogP contribution in [-0.4, -0.2) is 30.6 Å². The summed E-state index contributed by atoms with van der Waals surface area (Å²) in [4.78, 5) is 36.8. The lowest BCUT2D eigenvalue weighted by molar-refractivity contribution is -0.136. The number of hydrazone groups is 1. The number of esters is 1. The first-order chi connectivity index (χ1) is 16.7. The Bertz CT molecular complexity index is 1330. The first-order valence-electron chi connectivity index (χ1n) is 9.95. The van der Waals surface area contributed by atoms with Crippen LogP contribution in [0.15, 0.2) is 70.2 Å². The molecule has 35 heavy (non-hydrogen) atoms. The van der Waals surface area contributed by atoms with E-state index in [0.717, 1.165) is 0 Å². The van der Waals surface area contributed by atoms with Crippen LogP contribution in [0.2, 0.25) is 10.0 Å². The molecule has 0 radical (unpaired) electrons. The van der Waals surface area contributed by atoms with Gasteiger partial charge in [0.25, 0.3) is 0 Å². The number of hydrogen-bond donors (Lipinski definition) is 2. The third kappa shape index (κ3) is 6.82. The summed E-state index contributed by atoms with van der Waals surface area (Å²) in [6.45, 7) is 1.62. The fourth-order valence-electron chi connectivity index (χ4n) is 2.78. The van der Waals surface area contributed by atoms with Gasteiger partial charge in [0.15, 0.2) is 11.5 Å². The molecule has 3 aromatic rings. The van der Waals surface area contributed by atoms with E-state index in [1.165, 1.54) is 25.3 Å². The second-order valence-electron chi connectivity index (χ2n) is 6.95. The number of anilines is 1. The maximum absolute atomic E-state index is 12.5. The number of nitrogens with zero attached hydrogens (tertiary/aromatic N) is 1. The highest BCUT2D eigenvalue weighted by Crippen LogP contribution is 2.30. The van der Waals surface area contributed by atoms with Crippen LogP contribution in [0, 0.1) is 0 Å². The van der Waals surface area contributed by atoms with Crippen LogP contribution in [0.25, 0.3) is 0 Å². The normalized spacial score (nSPS) is 10.9. The van der Waals surface area contributed by atoms with Gasteiger partial charge in [0.05, 0.1) is 29.1 Å². The Morgan fingerprint density at radius 3 is 2.40 bits per heavy atom. The van der Waals surface area contributed by atoms with Crippen LogP contribution in [0.1, 0.15) is 22.8 Å². The number of methoxy groups -OCH3 is 1. The van der Waals surface area contributed by atoms with Crippen molar-refractivity contribution in [2.75, 3.05) is 12.4 Å². The first-order valence-corrected chi connectivity index (χ1v) is 11.5. The van der Waals surface area contributed by atoms with Crippen molar-refractivity contribution < 1.29 is 23.9 Å². The van der Waals surface area contributed by atoms with E-state index in [0.29, 0.717) is 26.3 Å². The minimum atomic E-state index is -1.01. The van der Waals surface area contributed by atoms with E-state index in [4.69, 9.17) is 32.7 Å². The van der Waals surface area contributed by atoms with Gasteiger partial charge in [0, 0.05) is 15.1 Å². The molecule has 2 amide bonds. The summed E-state index contributed by atoms with van der Waals surface area (Å²) in [5, 5.41) is 6.89. The number of ether oxygens (including phenoxy) is 2. The standard InChI is InChI=1S/C24H18BrCl2N3O5/c1-13(29-30-23(32)22(31)28-19-12-15(26)8-9-18(19)27)14-7-10-20(21(11-14)34-2)35-24(33)16-5-3-4-6-17(16)25/h3-12H,1-2H3,(H,28,31)(H,30,32)/b29-13+. The van der Waals surface area contributed by atoms with Crippen molar-refractivity contribution in [2.24, 2.45) is 5.10 Å². The molecule has 8 nitrogen and oxygen atoms in total. The number of benzene rings is 3. The van der Waals surface area contributed by atoms with E-state index < -0.39 is 17.8 Å². The first kappa shape index (κ1) is 26.2. The molecule has 3 rings (SSSR count). The fourth-order valence-corrected chi connectivity index (χ4v) is 3.56. The van der Waals surface area contributed by atoms with E-state index in [1.807, 2.05) is 0 Å². The molecular formula is C24H18BrCl2N3O5. The number of carbonyl (C=O) groups excluding carboxylic acids is 3. The molecular weight excluding hydrogens is 561 g/mol. The number of halogens is 3. The second-order valence-corrected chi connectivity index (χ2v) is 8.65. The highest BCUT2D eigenvalue weighted by Gasteiger charge is 2.17. The average molecular weight is 579 g/mol. The van der Waals surface area contributed by atoms with Crippen LogP contribution in [0.4, 0.5) is 5.69 Å². The molecule has 0 aliphatic heterocycles. The summed E-state index contributed by atoms with van der Waals surface area (Å²) in [7, 11) is 1.43. The maximum atomic E-state index is 12.5. The van der Waals surface area contributed by atoms with Crippen molar-refractivity contribution in [1.29, 1.82) is 0 Å². The number of amides is 2. The Morgan fingerprint density at radius 1 is 0.943 bits per heavy atom. The Balaban J connectivity index is 1.69. The van der Waals surface area contributed by atoms with Crippen LogP contribution >= 0.6 is 39.1 Å². The van der Waals surface area contributed by atoms with E-state index >= 15 is 0 Å². The molecule has 0 heterocycles. The molecule has 0 unspecified atom stereocenters. The lowest BCUT2D eigenvalue weighted by Gasteiger charge is -2.12. The Labute approximate surface area is 219 Å². The zero-order valence-electron chi connectivity index (χ0n) is 18.4. The summed E-state index contributed by atoms with van der Waals surface area (Å²) in [5.74, 6) is -2.07. The summed E-state index contributed by atoms with van der Waals surface area (Å²) in [6.07, 6.45) is 0. The molecule has 0 saturated carbocycles. The van der Waals surface area contributed by atoms with Crippen molar-refractivity contribution in [3.05, 3.63) is 86.3 Å². The molecule has 0 fully saturated rings. The Hall–Kier alpha value is -3.40. The van der Waals surface area contributed by atoms with E-state index in [9.17, 15) is 14.4 Å². The number of hydrogen-bond acceptors (Lipinski definition) is 6. The van der Waals surface area contributed by atoms with E-state index in [-0.39, 0.29) is 22.2 Å². The van der Waals surface area contributed by atoms with Gasteiger partial charge in [0.2, 0.25) is 0 Å². The topological polar surface area (TPSA) is 106 Å². The van der Waals surface area contributed by atoms with Crippen LogP contribution < -0.4 is 20.2 Å². The van der Waals surface area contributed by atoms with Crippen molar-refractivity contribution in [3.8, 4) is 11.5 Å². The molecule has 2 N–H and O–H groups in total. The lowest BCUT2D eigenvalue weighted by atomic mass is 10.1. The molecule has 0 spiro atoms. The van der Waals surface area contributed by atoms with Gasteiger partial charge in [-0.1, -0.05) is 35.3 Å². The fraction of sp³-hybridized carbons (Fsp3) is 0.0833. The summed E-state index contributed by atoms with van der Waals surface area (Å²) < 4.78 is 11.4. The van der Waals surface area contributed by atoms with E-state index in [2.05, 4.69) is 31.8 Å². The zero-order chi connectivity index (χ0) is 25.5. The average Bonchev–Trinajstić information content (AvgIpc) is 2.84. The van der Waals surface area contributed by atoms with Gasteiger partial charge >= 0.3 is 17.8 Å². The molecule has 180 valence electrons. The van der Waals surface area contributed by atoms with Gasteiger partial charge in [-0.05, 0) is 71.4 Å². The molecule has 0 bridgehead atoms. The predicted octanol–water partition coefficient (Wildman–Crippen LogP) is 5.46. The summed E-state index contributed by atoms with van der Waals surface area (Å²) in [6, 6.07) is 16.1. The smallest absolute Gasteiger partial charge is 0.344 e. The minimum absolute atomic E-state index is 0.192. The minimum Gasteiger partial charge on any atom is -0.493 e. The van der Waals surface area contributed by atoms with Gasteiger partial charge < -0.3 is 14.8 Å². The highest BCUT2D eigenvalue weighted by molar-refractivity contribution is 9.10. The van der Waals surface area contributed by atoms with Crippen LogP contribution in [0.3, 0.4) is 0 Å². The van der Waals surface area contributed by atoms with Gasteiger partial charge in [-0.25, -0.2) is 10.2 Å². The summed E-state index contributed by atoms with van der Waals surface area (Å²) >= 11 is 15.2. The molecule has 0 aliphatic rings. The Morgan fingerprint density at radius 2 is 1.69 bits per heavy atom. The molecule has 11 heteroatoms. The third-order valence-corrected chi connectivity index (χ3v) is 5.84. The zero-order valence-corrected chi connectivity index (χ0v) is 21.5. The lowest BCUT2D eigenvalue weighted by Crippen LogP contribution is -2.33. The maximum Gasteiger partial charge on any atom is 0.344 e. The number of nitrogens with one attached hydrogen (secondary N) is 2. The van der Waals surface area contributed by atoms with Gasteiger partial charge in [-0.3, -0.25) is 9.59 Å². The number of rotatable bonds is 6. The van der Waals surface area contributed by atoms with E-state index in [1.54, 1.807) is 49.4 Å². The van der Waals surface area contributed by atoms with Gasteiger partial charge in [-0.2, -0.15) is 5.10 Å². The molecule has 3 aromatic carbocycles. The van der Waals surface area contributed by atoms with Crippen molar-refractivity contribution >= 4 is 68.3 Å². The largest absolute Gasteiger partial charge is 0.493 e. The Kier molecular flexibility index (Phi) is 8.86. The molecule has 0 saturated heterocycles. The van der Waals surface area contributed by atoms with Crippen molar-refractivity contribution in [3.63, 3.8) is 0 Å². The monoisotopic (exact) mass is 577 g/mol. The number of carbonyl (C=O) groups is 3. The van der Waals surface area contributed by atoms with Crippen molar-refractivity contribution in [2.45, 2.75) is 6.92 Å². The van der Waals surface area contributed by atoms with Gasteiger partial charge in [0.1, 0.15) is 0 Å². The summed E-state index contributed by atoms with van der Waals surface area (Å²) in [5.41, 5.74) is 3.65. The van der Waals surface area contributed by atoms with Gasteiger partial charge in [-0.15, -0.1) is 0 Å². The van der Waals surface area contributed by atoms with Crippen molar-refractivity contribution in [1.82, 2.24) is 5.43 Å². The molecule has 0 aliphatic carbocycles. The molecule has 0 aromatic heterocycles.